The van der Waals surface area contributed by atoms with Crippen LogP contribution in [0.2, 0.25) is 10.0 Å². The molecule has 0 unspecified atom stereocenters. The molecule has 1 aromatic carbocycles. The van der Waals surface area contributed by atoms with Crippen LogP contribution < -0.4 is 16.6 Å². The van der Waals surface area contributed by atoms with E-state index in [0.29, 0.717) is 21.6 Å². The summed E-state index contributed by atoms with van der Waals surface area (Å²) in [6.45, 7) is 0. The molecule has 0 fully saturated rings. The van der Waals surface area contributed by atoms with Crippen LogP contribution in [0.25, 0.3) is 0 Å². The highest BCUT2D eigenvalue weighted by molar-refractivity contribution is 7.99. The molecule has 12 heteroatoms. The molecule has 0 aliphatic heterocycles. The minimum Gasteiger partial charge on any atom is -0.463 e. The lowest BCUT2D eigenvalue weighted by Crippen LogP contribution is -2.17. The molecule has 27 heavy (non-hydrogen) atoms. The number of nitrogen functional groups attached to an aromatic ring is 1. The van der Waals surface area contributed by atoms with Crippen LogP contribution >= 0.6 is 35.0 Å². The Bertz CT molecular complexity index is 959. The molecule has 0 radical (unpaired) electrons. The summed E-state index contributed by atoms with van der Waals surface area (Å²) in [5.41, 5.74) is 3.07. The quantitative estimate of drug-likeness (QED) is 0.230. The monoisotopic (exact) mass is 425 g/mol. The molecule has 1 amide bonds. The number of nitrogens with zero attached hydrogens (tertiary/aromatic N) is 4. The number of rotatable bonds is 7. The Kier molecular flexibility index (Phi) is 6.22. The molecule has 0 spiro atoms. The fourth-order valence-electron chi connectivity index (χ4n) is 1.89. The first-order valence-corrected chi connectivity index (χ1v) is 9.18. The number of thioether (sulfide) groups is 1. The lowest BCUT2D eigenvalue weighted by molar-refractivity contribution is -0.113. The number of carbonyl (C=O) groups excluding carboxylic acids is 1. The van der Waals surface area contributed by atoms with E-state index >= 15 is 0 Å². The summed E-state index contributed by atoms with van der Waals surface area (Å²) in [4.78, 5) is 12.1. The summed E-state index contributed by atoms with van der Waals surface area (Å²) in [6, 6.07) is 8.46. The van der Waals surface area contributed by atoms with E-state index in [0.717, 1.165) is 11.8 Å². The van der Waals surface area contributed by atoms with Gasteiger partial charge in [0.1, 0.15) is 5.76 Å². The van der Waals surface area contributed by atoms with Crippen molar-refractivity contribution in [2.45, 2.75) is 5.16 Å². The number of hydrogen-bond donors (Lipinski definition) is 3. The van der Waals surface area contributed by atoms with Gasteiger partial charge in [0.05, 0.1) is 34.0 Å². The van der Waals surface area contributed by atoms with Crippen LogP contribution in [0, 0.1) is 0 Å². The zero-order chi connectivity index (χ0) is 19.2. The molecule has 0 atom stereocenters. The number of hydrazone groups is 1. The van der Waals surface area contributed by atoms with Gasteiger partial charge in [-0.2, -0.15) is 5.10 Å². The number of aromatic nitrogens is 3. The van der Waals surface area contributed by atoms with Crippen molar-refractivity contribution in [3.05, 3.63) is 52.4 Å². The van der Waals surface area contributed by atoms with Crippen molar-refractivity contribution >= 4 is 58.7 Å². The summed E-state index contributed by atoms with van der Waals surface area (Å²) in [5.74, 6) is 6.42. The molecule has 4 N–H and O–H groups in total. The Labute approximate surface area is 167 Å². The van der Waals surface area contributed by atoms with Crippen molar-refractivity contribution in [2.75, 3.05) is 22.3 Å². The topological polar surface area (TPSA) is 123 Å². The van der Waals surface area contributed by atoms with E-state index in [-0.39, 0.29) is 22.6 Å². The first kappa shape index (κ1) is 19.1. The van der Waals surface area contributed by atoms with E-state index in [4.69, 9.17) is 33.5 Å². The number of halogens is 2. The number of furan rings is 1. The van der Waals surface area contributed by atoms with Crippen molar-refractivity contribution in [2.24, 2.45) is 5.10 Å². The maximum absolute atomic E-state index is 12.1. The van der Waals surface area contributed by atoms with Crippen LogP contribution in [0.5, 0.6) is 0 Å². The lowest BCUT2D eigenvalue weighted by Gasteiger charge is -2.07. The third-order valence-corrected chi connectivity index (χ3v) is 4.88. The molecular weight excluding hydrogens is 413 g/mol. The van der Waals surface area contributed by atoms with Crippen molar-refractivity contribution in [3.63, 3.8) is 0 Å². The standard InChI is InChI=1S/C15H13Cl2N7O2S/c16-10-4-1-5-11(13(10)17)20-12(25)8-27-15-23-22-14(24(15)18)21-19-7-9-3-2-6-26-9/h1-7H,8,18H2,(H,20,25)(H,21,22)/b19-7+. The summed E-state index contributed by atoms with van der Waals surface area (Å²) >= 11 is 13.1. The number of carbonyl (C=O) groups is 1. The molecule has 0 saturated carbocycles. The average molecular weight is 426 g/mol. The molecule has 0 aliphatic carbocycles. The Balaban J connectivity index is 1.54. The Morgan fingerprint density at radius 2 is 2.19 bits per heavy atom. The fourth-order valence-corrected chi connectivity index (χ4v) is 2.89. The smallest absolute Gasteiger partial charge is 0.264 e. The number of anilines is 2. The molecule has 2 heterocycles. The van der Waals surface area contributed by atoms with Gasteiger partial charge in [-0.1, -0.05) is 41.0 Å². The summed E-state index contributed by atoms with van der Waals surface area (Å²) < 4.78 is 6.29. The van der Waals surface area contributed by atoms with Crippen molar-refractivity contribution < 1.29 is 9.21 Å². The fraction of sp³-hybridized carbons (Fsp3) is 0.0667. The maximum atomic E-state index is 12.1. The second-order valence-electron chi connectivity index (χ2n) is 5.00. The minimum absolute atomic E-state index is 0.0494. The Morgan fingerprint density at radius 3 is 2.96 bits per heavy atom. The number of nitrogens with one attached hydrogen (secondary N) is 2. The first-order chi connectivity index (χ1) is 13.0. The third kappa shape index (κ3) is 4.94. The predicted octanol–water partition coefficient (Wildman–Crippen LogP) is 3.07. The van der Waals surface area contributed by atoms with E-state index in [9.17, 15) is 4.79 Å². The lowest BCUT2D eigenvalue weighted by atomic mass is 10.3. The summed E-state index contributed by atoms with van der Waals surface area (Å²) in [5, 5.41) is 15.3. The molecule has 0 saturated heterocycles. The van der Waals surface area contributed by atoms with Gasteiger partial charge in [-0.25, -0.2) is 10.1 Å². The highest BCUT2D eigenvalue weighted by Gasteiger charge is 2.13. The zero-order valence-corrected chi connectivity index (χ0v) is 15.9. The van der Waals surface area contributed by atoms with Crippen LogP contribution in [0.4, 0.5) is 11.6 Å². The van der Waals surface area contributed by atoms with Gasteiger partial charge in [0.15, 0.2) is 0 Å². The molecule has 3 rings (SSSR count). The number of benzene rings is 1. The molecule has 3 aromatic rings. The Hall–Kier alpha value is -2.69. The van der Waals surface area contributed by atoms with Gasteiger partial charge in [0.25, 0.3) is 5.95 Å². The summed E-state index contributed by atoms with van der Waals surface area (Å²) in [6.07, 6.45) is 2.99. The Morgan fingerprint density at radius 1 is 1.33 bits per heavy atom. The van der Waals surface area contributed by atoms with Crippen LogP contribution in [0.1, 0.15) is 5.76 Å². The van der Waals surface area contributed by atoms with Gasteiger partial charge in [-0.05, 0) is 24.3 Å². The van der Waals surface area contributed by atoms with Gasteiger partial charge < -0.3 is 15.6 Å². The second-order valence-corrected chi connectivity index (χ2v) is 6.73. The highest BCUT2D eigenvalue weighted by Crippen LogP contribution is 2.29. The zero-order valence-electron chi connectivity index (χ0n) is 13.6. The van der Waals surface area contributed by atoms with Crippen LogP contribution in [-0.4, -0.2) is 32.7 Å². The van der Waals surface area contributed by atoms with Gasteiger partial charge in [-0.15, -0.1) is 10.2 Å². The van der Waals surface area contributed by atoms with Crippen molar-refractivity contribution in [3.8, 4) is 0 Å². The molecule has 2 aromatic heterocycles. The van der Waals surface area contributed by atoms with E-state index < -0.39 is 0 Å². The van der Waals surface area contributed by atoms with Crippen molar-refractivity contribution in [1.29, 1.82) is 0 Å². The molecule has 140 valence electrons. The van der Waals surface area contributed by atoms with Crippen LogP contribution in [0.15, 0.2) is 51.3 Å². The summed E-state index contributed by atoms with van der Waals surface area (Å²) in [7, 11) is 0. The number of amides is 1. The van der Waals surface area contributed by atoms with E-state index in [1.807, 2.05) is 0 Å². The number of nitrogens with two attached hydrogens (primary N) is 1. The van der Waals surface area contributed by atoms with Crippen LogP contribution in [-0.2, 0) is 4.79 Å². The molecule has 0 aliphatic rings. The van der Waals surface area contributed by atoms with Gasteiger partial charge >= 0.3 is 0 Å². The van der Waals surface area contributed by atoms with Crippen molar-refractivity contribution in [1.82, 2.24) is 14.9 Å². The van der Waals surface area contributed by atoms with E-state index in [2.05, 4.69) is 26.0 Å². The van der Waals surface area contributed by atoms with Gasteiger partial charge in [0, 0.05) is 0 Å². The second kappa shape index (κ2) is 8.80. The average Bonchev–Trinajstić information content (AvgIpc) is 3.28. The van der Waals surface area contributed by atoms with Gasteiger partial charge in [-0.3, -0.25) is 4.79 Å². The molecular formula is C15H13Cl2N7O2S. The highest BCUT2D eigenvalue weighted by atomic mass is 35.5. The normalized spacial score (nSPS) is 11.0. The number of hydrogen-bond acceptors (Lipinski definition) is 8. The largest absolute Gasteiger partial charge is 0.463 e. The van der Waals surface area contributed by atoms with Crippen LogP contribution in [0.3, 0.4) is 0 Å². The molecule has 0 bridgehead atoms. The first-order valence-electron chi connectivity index (χ1n) is 7.44. The van der Waals surface area contributed by atoms with Gasteiger partial charge in [0.2, 0.25) is 11.1 Å². The molecule has 9 nitrogen and oxygen atoms in total. The third-order valence-electron chi connectivity index (χ3n) is 3.12. The van der Waals surface area contributed by atoms with E-state index in [1.54, 1.807) is 30.3 Å². The SMILES string of the molecule is Nn1c(N/N=C/c2ccco2)nnc1SCC(=O)Nc1cccc(Cl)c1Cl. The predicted molar refractivity (Wildman–Crippen MR) is 106 cm³/mol. The van der Waals surface area contributed by atoms with E-state index in [1.165, 1.54) is 17.2 Å². The minimum atomic E-state index is -0.294. The maximum Gasteiger partial charge on any atom is 0.264 e.